The van der Waals surface area contributed by atoms with E-state index >= 15 is 0 Å². The van der Waals surface area contributed by atoms with Crippen LogP contribution in [0.1, 0.15) is 12.6 Å². The third-order valence-corrected chi connectivity index (χ3v) is 2.86. The van der Waals surface area contributed by atoms with E-state index in [4.69, 9.17) is 9.79 Å². The van der Waals surface area contributed by atoms with E-state index in [2.05, 4.69) is 9.51 Å². The van der Waals surface area contributed by atoms with Crippen molar-refractivity contribution in [3.63, 3.8) is 0 Å². The summed E-state index contributed by atoms with van der Waals surface area (Å²) >= 11 is 0. The predicted molar refractivity (Wildman–Crippen MR) is 68.8 cm³/mol. The molecule has 7 heteroatoms. The Kier molecular flexibility index (Phi) is 3.66. The van der Waals surface area contributed by atoms with Crippen molar-refractivity contribution in [3.05, 3.63) is 36.2 Å². The number of fused-ring (bicyclic) bond motifs is 1. The number of hydrogen-bond acceptors (Lipinski definition) is 4. The van der Waals surface area contributed by atoms with Crippen LogP contribution in [0.25, 0.3) is 10.8 Å². The van der Waals surface area contributed by atoms with E-state index in [-0.39, 0.29) is 18.0 Å². The summed E-state index contributed by atoms with van der Waals surface area (Å²) in [7, 11) is -4.62. The van der Waals surface area contributed by atoms with Crippen LogP contribution in [-0.4, -0.2) is 20.6 Å². The van der Waals surface area contributed by atoms with Crippen LogP contribution in [0.15, 0.2) is 30.5 Å². The minimum absolute atomic E-state index is 0.0414. The van der Waals surface area contributed by atoms with Gasteiger partial charge >= 0.3 is 7.82 Å². The summed E-state index contributed by atoms with van der Waals surface area (Å²) in [5, 5.41) is 1.19. The lowest BCUT2D eigenvalue weighted by atomic mass is 10.1. The lowest BCUT2D eigenvalue weighted by Crippen LogP contribution is -1.99. The number of aromatic nitrogens is 1. The Hall–Kier alpha value is -1.75. The molecule has 0 atom stereocenters. The number of phosphoric acid groups is 1. The molecule has 2 N–H and O–H groups in total. The molecular formula is C12H12NO5P. The SMILES string of the molecule is CC(=O)Cc1cc2c(OP(=O)(O)O)cccc2cn1. The van der Waals surface area contributed by atoms with Crippen LogP contribution in [0.5, 0.6) is 5.75 Å². The van der Waals surface area contributed by atoms with Crippen LogP contribution >= 0.6 is 7.82 Å². The number of benzene rings is 1. The molecule has 19 heavy (non-hydrogen) atoms. The molecule has 0 radical (unpaired) electrons. The smallest absolute Gasteiger partial charge is 0.404 e. The minimum atomic E-state index is -4.62. The van der Waals surface area contributed by atoms with Gasteiger partial charge in [0.25, 0.3) is 0 Å². The maximum Gasteiger partial charge on any atom is 0.524 e. The molecule has 1 heterocycles. The summed E-state index contributed by atoms with van der Waals surface area (Å²) in [6.45, 7) is 1.45. The van der Waals surface area contributed by atoms with Crippen LogP contribution < -0.4 is 4.52 Å². The molecule has 2 aromatic rings. The maximum atomic E-state index is 11.1. The number of carbonyl (C=O) groups is 1. The zero-order valence-electron chi connectivity index (χ0n) is 10.1. The molecule has 100 valence electrons. The molecule has 0 aliphatic carbocycles. The summed E-state index contributed by atoms with van der Waals surface area (Å²) in [6, 6.07) is 6.41. The topological polar surface area (TPSA) is 96.7 Å². The Bertz CT molecular complexity index is 679. The quantitative estimate of drug-likeness (QED) is 0.830. The highest BCUT2D eigenvalue weighted by molar-refractivity contribution is 7.46. The second-order valence-electron chi connectivity index (χ2n) is 4.11. The standard InChI is InChI=1S/C12H12NO5P/c1-8(14)5-10-6-11-9(7-13-10)3-2-4-12(11)18-19(15,16)17/h2-4,6-7H,5H2,1H3,(H2,15,16,17). The van der Waals surface area contributed by atoms with Crippen LogP contribution in [0.2, 0.25) is 0 Å². The van der Waals surface area contributed by atoms with Gasteiger partial charge in [-0.2, -0.15) is 0 Å². The summed E-state index contributed by atoms with van der Waals surface area (Å²) in [6.07, 6.45) is 1.71. The Morgan fingerprint density at radius 3 is 2.79 bits per heavy atom. The molecule has 0 aliphatic heterocycles. The molecule has 0 saturated heterocycles. The molecular weight excluding hydrogens is 269 g/mol. The molecule has 2 rings (SSSR count). The van der Waals surface area contributed by atoms with Crippen molar-refractivity contribution < 1.29 is 23.7 Å². The highest BCUT2D eigenvalue weighted by Crippen LogP contribution is 2.40. The molecule has 1 aromatic heterocycles. The first-order valence-electron chi connectivity index (χ1n) is 5.47. The first-order chi connectivity index (χ1) is 8.85. The molecule has 1 aromatic carbocycles. The fourth-order valence-electron chi connectivity index (χ4n) is 1.74. The van der Waals surface area contributed by atoms with Gasteiger partial charge in [0.05, 0.1) is 0 Å². The van der Waals surface area contributed by atoms with Crippen molar-refractivity contribution in [2.75, 3.05) is 0 Å². The van der Waals surface area contributed by atoms with Gasteiger partial charge in [0.2, 0.25) is 0 Å². The summed E-state index contributed by atoms with van der Waals surface area (Å²) in [5.74, 6) is 0.0262. The highest BCUT2D eigenvalue weighted by Gasteiger charge is 2.17. The second-order valence-corrected chi connectivity index (χ2v) is 5.28. The van der Waals surface area contributed by atoms with Crippen LogP contribution in [0.3, 0.4) is 0 Å². The number of carbonyl (C=O) groups excluding carboxylic acids is 1. The van der Waals surface area contributed by atoms with E-state index in [0.717, 1.165) is 0 Å². The monoisotopic (exact) mass is 281 g/mol. The summed E-state index contributed by atoms with van der Waals surface area (Å²) in [5.41, 5.74) is 0.529. The average Bonchev–Trinajstić information content (AvgIpc) is 2.27. The third-order valence-electron chi connectivity index (χ3n) is 2.43. The van der Waals surface area contributed by atoms with Gasteiger partial charge in [-0.25, -0.2) is 4.57 Å². The number of pyridine rings is 1. The Morgan fingerprint density at radius 2 is 2.16 bits per heavy atom. The lowest BCUT2D eigenvalue weighted by molar-refractivity contribution is -0.116. The van der Waals surface area contributed by atoms with E-state index < -0.39 is 7.82 Å². The van der Waals surface area contributed by atoms with Gasteiger partial charge < -0.3 is 4.52 Å². The maximum absolute atomic E-state index is 11.1. The van der Waals surface area contributed by atoms with Crippen molar-refractivity contribution in [2.24, 2.45) is 0 Å². The largest absolute Gasteiger partial charge is 0.524 e. The van der Waals surface area contributed by atoms with E-state index in [1.165, 1.54) is 13.0 Å². The Morgan fingerprint density at radius 1 is 1.42 bits per heavy atom. The van der Waals surface area contributed by atoms with E-state index in [1.807, 2.05) is 0 Å². The van der Waals surface area contributed by atoms with Gasteiger partial charge in [-0.15, -0.1) is 0 Å². The summed E-state index contributed by atoms with van der Waals surface area (Å²) in [4.78, 5) is 32.9. The Balaban J connectivity index is 2.51. The van der Waals surface area contributed by atoms with Gasteiger partial charge in [0.15, 0.2) is 0 Å². The number of Topliss-reactive ketones (excluding diaryl/α,β-unsaturated/α-hetero) is 1. The number of ketones is 1. The van der Waals surface area contributed by atoms with Crippen molar-refractivity contribution in [1.29, 1.82) is 0 Å². The molecule has 0 unspecified atom stereocenters. The first-order valence-corrected chi connectivity index (χ1v) is 7.00. The first kappa shape index (κ1) is 13.7. The zero-order chi connectivity index (χ0) is 14.0. The van der Waals surface area contributed by atoms with Crippen molar-refractivity contribution in [3.8, 4) is 5.75 Å². The van der Waals surface area contributed by atoms with E-state index in [0.29, 0.717) is 16.5 Å². The fourth-order valence-corrected chi connectivity index (χ4v) is 2.16. The Labute approximate surface area is 109 Å². The fraction of sp³-hybridized carbons (Fsp3) is 0.167. The van der Waals surface area contributed by atoms with Crippen LogP contribution in [0.4, 0.5) is 0 Å². The van der Waals surface area contributed by atoms with Crippen LogP contribution in [-0.2, 0) is 15.8 Å². The second kappa shape index (κ2) is 5.09. The van der Waals surface area contributed by atoms with Crippen molar-refractivity contribution >= 4 is 24.4 Å². The normalized spacial score (nSPS) is 11.5. The van der Waals surface area contributed by atoms with E-state index in [9.17, 15) is 9.36 Å². The molecule has 0 aliphatic rings. The minimum Gasteiger partial charge on any atom is -0.404 e. The molecule has 0 saturated carbocycles. The number of rotatable bonds is 4. The molecule has 0 bridgehead atoms. The molecule has 6 nitrogen and oxygen atoms in total. The predicted octanol–water partition coefficient (Wildman–Crippen LogP) is 1.84. The lowest BCUT2D eigenvalue weighted by Gasteiger charge is -2.10. The average molecular weight is 281 g/mol. The van der Waals surface area contributed by atoms with Gasteiger partial charge in [0.1, 0.15) is 11.5 Å². The molecule has 0 spiro atoms. The van der Waals surface area contributed by atoms with Gasteiger partial charge in [0, 0.05) is 29.1 Å². The number of hydrogen-bond donors (Lipinski definition) is 2. The summed E-state index contributed by atoms with van der Waals surface area (Å²) < 4.78 is 15.5. The zero-order valence-corrected chi connectivity index (χ0v) is 11.0. The number of phosphoric ester groups is 1. The highest BCUT2D eigenvalue weighted by atomic mass is 31.2. The van der Waals surface area contributed by atoms with Crippen LogP contribution in [0, 0.1) is 0 Å². The number of nitrogens with zero attached hydrogens (tertiary/aromatic N) is 1. The molecule has 0 fully saturated rings. The van der Waals surface area contributed by atoms with Gasteiger partial charge in [-0.1, -0.05) is 12.1 Å². The third kappa shape index (κ3) is 3.61. The van der Waals surface area contributed by atoms with Crippen molar-refractivity contribution in [1.82, 2.24) is 4.98 Å². The van der Waals surface area contributed by atoms with Gasteiger partial charge in [-0.3, -0.25) is 19.6 Å². The van der Waals surface area contributed by atoms with Gasteiger partial charge in [-0.05, 0) is 19.1 Å². The van der Waals surface area contributed by atoms with E-state index in [1.54, 1.807) is 24.4 Å². The van der Waals surface area contributed by atoms with Crippen molar-refractivity contribution in [2.45, 2.75) is 13.3 Å². The molecule has 0 amide bonds.